The normalized spacial score (nSPS) is 12.6. The van der Waals surface area contributed by atoms with Gasteiger partial charge in [0.25, 0.3) is 0 Å². The highest BCUT2D eigenvalue weighted by Gasteiger charge is 2.31. The molecule has 2 atom stereocenters. The maximum absolute atomic E-state index is 13.8. The lowest BCUT2D eigenvalue weighted by atomic mass is 10.00. The van der Waals surface area contributed by atoms with Crippen LogP contribution < -0.4 is 5.32 Å². The predicted octanol–water partition coefficient (Wildman–Crippen LogP) is 5.54. The van der Waals surface area contributed by atoms with Gasteiger partial charge in [0.2, 0.25) is 11.8 Å². The van der Waals surface area contributed by atoms with Gasteiger partial charge < -0.3 is 10.2 Å². The standard InChI is InChI=1S/C30H35FN2O2/c1-5-23(4)32-30(35)28(18-24-9-7-6-8-10-24)33(20-25-11-13-27(31)14-12-25)29(34)19-26-16-21(2)15-22(3)17-26/h6-17,23,28H,5,18-20H2,1-4H3,(H,32,35). The SMILES string of the molecule is CCC(C)NC(=O)C(Cc1ccccc1)N(Cc1ccc(F)cc1)C(=O)Cc1cc(C)cc(C)c1. The molecule has 0 saturated carbocycles. The van der Waals surface area contributed by atoms with Crippen LogP contribution in [0.25, 0.3) is 0 Å². The average Bonchev–Trinajstić information content (AvgIpc) is 2.82. The lowest BCUT2D eigenvalue weighted by Crippen LogP contribution is -2.52. The highest BCUT2D eigenvalue weighted by molar-refractivity contribution is 5.89. The molecule has 0 saturated heterocycles. The van der Waals surface area contributed by atoms with E-state index in [0.29, 0.717) is 6.42 Å². The second-order valence-corrected chi connectivity index (χ2v) is 9.34. The monoisotopic (exact) mass is 474 g/mol. The summed E-state index contributed by atoms with van der Waals surface area (Å²) in [4.78, 5) is 28.9. The van der Waals surface area contributed by atoms with Crippen molar-refractivity contribution in [2.45, 2.75) is 65.6 Å². The Balaban J connectivity index is 1.98. The van der Waals surface area contributed by atoms with Crippen LogP contribution in [0.5, 0.6) is 0 Å². The van der Waals surface area contributed by atoms with E-state index in [0.717, 1.165) is 34.2 Å². The van der Waals surface area contributed by atoms with Gasteiger partial charge in [-0.1, -0.05) is 78.7 Å². The molecule has 0 radical (unpaired) electrons. The predicted molar refractivity (Wildman–Crippen MR) is 138 cm³/mol. The summed E-state index contributed by atoms with van der Waals surface area (Å²) >= 11 is 0. The third-order valence-corrected chi connectivity index (χ3v) is 6.18. The maximum Gasteiger partial charge on any atom is 0.243 e. The van der Waals surface area contributed by atoms with Crippen LogP contribution in [0.2, 0.25) is 0 Å². The molecule has 0 bridgehead atoms. The first-order valence-corrected chi connectivity index (χ1v) is 12.2. The number of nitrogens with one attached hydrogen (secondary N) is 1. The Bertz CT molecular complexity index is 1110. The Morgan fingerprint density at radius 3 is 2.11 bits per heavy atom. The molecular formula is C30H35FN2O2. The van der Waals surface area contributed by atoms with Gasteiger partial charge in [-0.25, -0.2) is 4.39 Å². The van der Waals surface area contributed by atoms with Gasteiger partial charge in [-0.2, -0.15) is 0 Å². The third kappa shape index (κ3) is 7.78. The van der Waals surface area contributed by atoms with Gasteiger partial charge >= 0.3 is 0 Å². The Hall–Kier alpha value is -3.47. The van der Waals surface area contributed by atoms with Gasteiger partial charge in [0.1, 0.15) is 11.9 Å². The van der Waals surface area contributed by atoms with Crippen molar-refractivity contribution >= 4 is 11.8 Å². The molecule has 0 aliphatic carbocycles. The molecule has 3 rings (SSSR count). The van der Waals surface area contributed by atoms with Crippen LogP contribution in [0, 0.1) is 19.7 Å². The highest BCUT2D eigenvalue weighted by Crippen LogP contribution is 2.18. The minimum Gasteiger partial charge on any atom is -0.352 e. The lowest BCUT2D eigenvalue weighted by Gasteiger charge is -2.32. The van der Waals surface area contributed by atoms with E-state index in [1.165, 1.54) is 12.1 Å². The quantitative estimate of drug-likeness (QED) is 0.419. The Kier molecular flexibility index (Phi) is 9.18. The van der Waals surface area contributed by atoms with Crippen molar-refractivity contribution in [1.82, 2.24) is 10.2 Å². The summed E-state index contributed by atoms with van der Waals surface area (Å²) in [5.74, 6) is -0.657. The number of aryl methyl sites for hydroxylation is 2. The molecule has 5 heteroatoms. The van der Waals surface area contributed by atoms with E-state index in [-0.39, 0.29) is 36.6 Å². The largest absolute Gasteiger partial charge is 0.352 e. The number of benzene rings is 3. The van der Waals surface area contributed by atoms with Gasteiger partial charge in [0.05, 0.1) is 6.42 Å². The van der Waals surface area contributed by atoms with E-state index in [1.54, 1.807) is 17.0 Å². The van der Waals surface area contributed by atoms with Crippen molar-refractivity contribution in [3.8, 4) is 0 Å². The second-order valence-electron chi connectivity index (χ2n) is 9.34. The summed E-state index contributed by atoms with van der Waals surface area (Å²) < 4.78 is 13.6. The van der Waals surface area contributed by atoms with E-state index in [9.17, 15) is 14.0 Å². The van der Waals surface area contributed by atoms with Crippen LogP contribution in [0.3, 0.4) is 0 Å². The molecule has 0 aromatic heterocycles. The molecule has 0 heterocycles. The smallest absolute Gasteiger partial charge is 0.243 e. The Morgan fingerprint density at radius 2 is 1.51 bits per heavy atom. The molecule has 0 aliphatic rings. The molecule has 0 aliphatic heterocycles. The molecule has 2 unspecified atom stereocenters. The fourth-order valence-corrected chi connectivity index (χ4v) is 4.23. The molecule has 3 aromatic carbocycles. The van der Waals surface area contributed by atoms with E-state index >= 15 is 0 Å². The summed E-state index contributed by atoms with van der Waals surface area (Å²) in [5, 5.41) is 3.07. The number of halogens is 1. The van der Waals surface area contributed by atoms with Crippen molar-refractivity contribution in [2.24, 2.45) is 0 Å². The van der Waals surface area contributed by atoms with E-state index in [1.807, 2.05) is 70.2 Å². The Morgan fingerprint density at radius 1 is 0.886 bits per heavy atom. The van der Waals surface area contributed by atoms with E-state index in [2.05, 4.69) is 11.4 Å². The van der Waals surface area contributed by atoms with Crippen LogP contribution >= 0.6 is 0 Å². The first-order valence-electron chi connectivity index (χ1n) is 12.2. The van der Waals surface area contributed by atoms with Crippen molar-refractivity contribution in [1.29, 1.82) is 0 Å². The molecule has 184 valence electrons. The van der Waals surface area contributed by atoms with Crippen molar-refractivity contribution in [2.75, 3.05) is 0 Å². The molecule has 2 amide bonds. The Labute approximate surface area is 208 Å². The van der Waals surface area contributed by atoms with Crippen molar-refractivity contribution < 1.29 is 14.0 Å². The fourth-order valence-electron chi connectivity index (χ4n) is 4.23. The number of amides is 2. The van der Waals surface area contributed by atoms with Gasteiger partial charge in [-0.05, 0) is 56.0 Å². The van der Waals surface area contributed by atoms with Crippen LogP contribution in [0.4, 0.5) is 4.39 Å². The molecule has 35 heavy (non-hydrogen) atoms. The molecule has 1 N–H and O–H groups in total. The summed E-state index contributed by atoms with van der Waals surface area (Å²) in [5.41, 5.74) is 4.84. The van der Waals surface area contributed by atoms with Crippen molar-refractivity contribution in [3.63, 3.8) is 0 Å². The summed E-state index contributed by atoms with van der Waals surface area (Å²) in [6, 6.07) is 21.2. The number of carbonyl (C=O) groups excluding carboxylic acids is 2. The number of carbonyl (C=O) groups is 2. The summed E-state index contributed by atoms with van der Waals surface area (Å²) in [6.07, 6.45) is 1.37. The topological polar surface area (TPSA) is 49.4 Å². The third-order valence-electron chi connectivity index (χ3n) is 6.18. The number of nitrogens with zero attached hydrogens (tertiary/aromatic N) is 1. The lowest BCUT2D eigenvalue weighted by molar-refractivity contribution is -0.141. The fraction of sp³-hybridized carbons (Fsp3) is 0.333. The first kappa shape index (κ1) is 26.1. The maximum atomic E-state index is 13.8. The second kappa shape index (κ2) is 12.3. The van der Waals surface area contributed by atoms with Crippen LogP contribution in [0.15, 0.2) is 72.8 Å². The number of rotatable bonds is 10. The van der Waals surface area contributed by atoms with Crippen LogP contribution in [0.1, 0.15) is 48.1 Å². The number of hydrogen-bond donors (Lipinski definition) is 1. The molecule has 0 spiro atoms. The van der Waals surface area contributed by atoms with Gasteiger partial charge in [0.15, 0.2) is 0 Å². The molecule has 4 nitrogen and oxygen atoms in total. The zero-order valence-electron chi connectivity index (χ0n) is 21.1. The minimum atomic E-state index is -0.699. The van der Waals surface area contributed by atoms with E-state index in [4.69, 9.17) is 0 Å². The van der Waals surface area contributed by atoms with Crippen LogP contribution in [-0.4, -0.2) is 28.8 Å². The van der Waals surface area contributed by atoms with Gasteiger partial charge in [0, 0.05) is 19.0 Å². The zero-order valence-corrected chi connectivity index (χ0v) is 21.1. The molecule has 3 aromatic rings. The van der Waals surface area contributed by atoms with Gasteiger partial charge in [-0.15, -0.1) is 0 Å². The first-order chi connectivity index (χ1) is 16.7. The molecule has 0 fully saturated rings. The highest BCUT2D eigenvalue weighted by atomic mass is 19.1. The number of hydrogen-bond acceptors (Lipinski definition) is 2. The molecular weight excluding hydrogens is 439 g/mol. The van der Waals surface area contributed by atoms with Crippen molar-refractivity contribution in [3.05, 3.63) is 106 Å². The van der Waals surface area contributed by atoms with Gasteiger partial charge in [-0.3, -0.25) is 9.59 Å². The van der Waals surface area contributed by atoms with Crippen LogP contribution in [-0.2, 0) is 29.0 Å². The summed E-state index contributed by atoms with van der Waals surface area (Å²) in [6.45, 7) is 8.21. The summed E-state index contributed by atoms with van der Waals surface area (Å²) in [7, 11) is 0. The zero-order chi connectivity index (χ0) is 25.4. The van der Waals surface area contributed by atoms with E-state index < -0.39 is 6.04 Å². The minimum absolute atomic E-state index is 0.0111. The average molecular weight is 475 g/mol.